The molecule has 33 heavy (non-hydrogen) atoms. The van der Waals surface area contributed by atoms with Gasteiger partial charge in [0.1, 0.15) is 17.1 Å². The van der Waals surface area contributed by atoms with Gasteiger partial charge in [0.25, 0.3) is 0 Å². The van der Waals surface area contributed by atoms with Crippen LogP contribution in [0.25, 0.3) is 0 Å². The van der Waals surface area contributed by atoms with Crippen LogP contribution >= 0.6 is 0 Å². The minimum absolute atomic E-state index is 0.0506. The maximum atomic E-state index is 13.9. The molecule has 0 spiro atoms. The van der Waals surface area contributed by atoms with Crippen molar-refractivity contribution in [3.05, 3.63) is 47.0 Å². The highest BCUT2D eigenvalue weighted by atomic mass is 19.1. The summed E-state index contributed by atoms with van der Waals surface area (Å²) in [6.07, 6.45) is 3.31. The molecule has 180 valence electrons. The van der Waals surface area contributed by atoms with Crippen molar-refractivity contribution in [2.45, 2.75) is 78.0 Å². The van der Waals surface area contributed by atoms with Crippen LogP contribution in [0.15, 0.2) is 24.4 Å². The maximum absolute atomic E-state index is 13.9. The number of rotatable bonds is 8. The van der Waals surface area contributed by atoms with E-state index in [2.05, 4.69) is 15.6 Å². The Labute approximate surface area is 194 Å². The van der Waals surface area contributed by atoms with Gasteiger partial charge >= 0.3 is 6.09 Å². The predicted molar refractivity (Wildman–Crippen MR) is 122 cm³/mol. The summed E-state index contributed by atoms with van der Waals surface area (Å²) in [7, 11) is 0. The van der Waals surface area contributed by atoms with E-state index in [1.165, 1.54) is 0 Å². The summed E-state index contributed by atoms with van der Waals surface area (Å²) in [4.78, 5) is 26.0. The van der Waals surface area contributed by atoms with Crippen LogP contribution < -0.4 is 5.32 Å². The van der Waals surface area contributed by atoms with E-state index in [1.807, 2.05) is 33.8 Å². The third-order valence-corrected chi connectivity index (χ3v) is 5.79. The highest BCUT2D eigenvalue weighted by Gasteiger charge is 2.35. The Morgan fingerprint density at radius 3 is 2.67 bits per heavy atom. The number of nitrogens with one attached hydrogen (secondary N) is 1. The fourth-order valence-corrected chi connectivity index (χ4v) is 3.72. The van der Waals surface area contributed by atoms with Gasteiger partial charge in [0, 0.05) is 19.5 Å². The minimum Gasteiger partial charge on any atom is -0.444 e. The van der Waals surface area contributed by atoms with Gasteiger partial charge in [-0.15, -0.1) is 5.10 Å². The average Bonchev–Trinajstić information content (AvgIpc) is 3.15. The van der Waals surface area contributed by atoms with E-state index < -0.39 is 5.60 Å². The second-order valence-corrected chi connectivity index (χ2v) is 9.66. The zero-order chi connectivity index (χ0) is 24.2. The van der Waals surface area contributed by atoms with E-state index >= 15 is 0 Å². The molecule has 1 aliphatic heterocycles. The van der Waals surface area contributed by atoms with Crippen molar-refractivity contribution >= 4 is 12.0 Å². The molecule has 2 amide bonds. The zero-order valence-corrected chi connectivity index (χ0v) is 20.1. The van der Waals surface area contributed by atoms with Crippen molar-refractivity contribution in [2.24, 2.45) is 0 Å². The van der Waals surface area contributed by atoms with E-state index in [0.717, 1.165) is 12.0 Å². The third kappa shape index (κ3) is 6.76. The summed E-state index contributed by atoms with van der Waals surface area (Å²) >= 11 is 0. The monoisotopic (exact) mass is 459 g/mol. The Morgan fingerprint density at radius 2 is 2.03 bits per heavy atom. The fourth-order valence-electron chi connectivity index (χ4n) is 3.72. The fraction of sp³-hybridized carbons (Fsp3) is 0.583. The summed E-state index contributed by atoms with van der Waals surface area (Å²) in [5, 5.41) is 11.1. The molecule has 0 unspecified atom stereocenters. The molecule has 1 N–H and O–H groups in total. The summed E-state index contributed by atoms with van der Waals surface area (Å²) in [5.41, 5.74) is 1.69. The Kier molecular flexibility index (Phi) is 7.71. The Hall–Kier alpha value is -2.97. The van der Waals surface area contributed by atoms with Crippen molar-refractivity contribution in [1.82, 2.24) is 25.2 Å². The van der Waals surface area contributed by atoms with E-state index in [0.29, 0.717) is 37.2 Å². The first-order valence-corrected chi connectivity index (χ1v) is 11.5. The van der Waals surface area contributed by atoms with Gasteiger partial charge in [0.05, 0.1) is 18.8 Å². The van der Waals surface area contributed by atoms with Gasteiger partial charge in [-0.3, -0.25) is 4.79 Å². The van der Waals surface area contributed by atoms with Crippen LogP contribution in [0.3, 0.4) is 0 Å². The van der Waals surface area contributed by atoms with E-state index in [-0.39, 0.29) is 36.3 Å². The number of carbonyl (C=O) groups is 2. The van der Waals surface area contributed by atoms with Crippen LogP contribution in [-0.4, -0.2) is 50.6 Å². The molecule has 1 fully saturated rings. The molecule has 0 aliphatic carbocycles. The number of halogens is 1. The van der Waals surface area contributed by atoms with Gasteiger partial charge in [-0.25, -0.2) is 13.9 Å². The number of aromatic nitrogens is 3. The topological polar surface area (TPSA) is 89.4 Å². The van der Waals surface area contributed by atoms with Gasteiger partial charge in [-0.1, -0.05) is 24.3 Å². The molecule has 0 saturated carbocycles. The molecular formula is C24H34FN5O3. The SMILES string of the molecule is CC[C@@H](CCC(=O)NCc1cn(C2CN(C(=O)OC(C)(C)C)C2)nn1)c1ccc(C)c(F)c1. The number of nitrogens with zero attached hydrogens (tertiary/aromatic N) is 4. The van der Waals surface area contributed by atoms with Gasteiger partial charge < -0.3 is 15.0 Å². The van der Waals surface area contributed by atoms with Gasteiger partial charge in [0.2, 0.25) is 5.91 Å². The molecule has 2 heterocycles. The van der Waals surface area contributed by atoms with Crippen LogP contribution in [0.4, 0.5) is 9.18 Å². The maximum Gasteiger partial charge on any atom is 0.410 e. The number of carbonyl (C=O) groups excluding carboxylic acids is 2. The van der Waals surface area contributed by atoms with Crippen LogP contribution in [0.2, 0.25) is 0 Å². The first-order chi connectivity index (χ1) is 15.6. The third-order valence-electron chi connectivity index (χ3n) is 5.79. The lowest BCUT2D eigenvalue weighted by molar-refractivity contribution is -0.121. The average molecular weight is 460 g/mol. The van der Waals surface area contributed by atoms with E-state index in [4.69, 9.17) is 4.74 Å². The smallest absolute Gasteiger partial charge is 0.410 e. The summed E-state index contributed by atoms with van der Waals surface area (Å²) in [6.45, 7) is 10.6. The molecule has 1 saturated heterocycles. The van der Waals surface area contributed by atoms with Gasteiger partial charge in [0.15, 0.2) is 0 Å². The molecule has 1 aromatic heterocycles. The van der Waals surface area contributed by atoms with Crippen molar-refractivity contribution in [2.75, 3.05) is 13.1 Å². The largest absolute Gasteiger partial charge is 0.444 e. The quantitative estimate of drug-likeness (QED) is 0.642. The lowest BCUT2D eigenvalue weighted by Crippen LogP contribution is -2.52. The Balaban J connectivity index is 1.41. The van der Waals surface area contributed by atoms with Crippen molar-refractivity contribution in [3.63, 3.8) is 0 Å². The summed E-state index contributed by atoms with van der Waals surface area (Å²) in [6, 6.07) is 5.35. The molecule has 9 heteroatoms. The number of amides is 2. The second-order valence-electron chi connectivity index (χ2n) is 9.66. The second kappa shape index (κ2) is 10.3. The van der Waals surface area contributed by atoms with Crippen LogP contribution in [0.1, 0.15) is 75.7 Å². The van der Waals surface area contributed by atoms with Gasteiger partial charge in [-0.2, -0.15) is 0 Å². The highest BCUT2D eigenvalue weighted by Crippen LogP contribution is 2.26. The van der Waals surface area contributed by atoms with Crippen molar-refractivity contribution in [3.8, 4) is 0 Å². The standard InChI is InChI=1S/C24H34FN5O3/c1-6-17(18-8-7-16(2)21(25)11-18)9-10-22(31)26-12-19-13-30(28-27-19)20-14-29(15-20)23(32)33-24(3,4)5/h7-8,11,13,17,20H,6,9-10,12,14-15H2,1-5H3,(H,26,31)/t17-/m0/s1. The highest BCUT2D eigenvalue weighted by molar-refractivity contribution is 5.75. The van der Waals surface area contributed by atoms with E-state index in [1.54, 1.807) is 34.8 Å². The van der Waals surface area contributed by atoms with Crippen LogP contribution in [-0.2, 0) is 16.1 Å². The normalized spacial score (nSPS) is 15.2. The molecular weight excluding hydrogens is 425 g/mol. The first-order valence-electron chi connectivity index (χ1n) is 11.5. The van der Waals surface area contributed by atoms with Crippen LogP contribution in [0.5, 0.6) is 0 Å². The molecule has 3 rings (SSSR count). The number of hydrogen-bond donors (Lipinski definition) is 1. The lowest BCUT2D eigenvalue weighted by Gasteiger charge is -2.39. The predicted octanol–water partition coefficient (Wildman–Crippen LogP) is 4.11. The Morgan fingerprint density at radius 1 is 1.30 bits per heavy atom. The molecule has 1 aliphatic rings. The molecule has 8 nitrogen and oxygen atoms in total. The molecule has 2 aromatic rings. The van der Waals surface area contributed by atoms with Gasteiger partial charge in [-0.05, 0) is 63.6 Å². The van der Waals surface area contributed by atoms with Crippen molar-refractivity contribution < 1.29 is 18.7 Å². The molecule has 0 radical (unpaired) electrons. The summed E-state index contributed by atoms with van der Waals surface area (Å²) < 4.78 is 21.0. The molecule has 0 bridgehead atoms. The van der Waals surface area contributed by atoms with Crippen LogP contribution in [0, 0.1) is 12.7 Å². The Bertz CT molecular complexity index is 979. The molecule has 1 aromatic carbocycles. The number of likely N-dealkylation sites (tertiary alicyclic amines) is 1. The number of benzene rings is 1. The first kappa shape index (κ1) is 24.7. The zero-order valence-electron chi connectivity index (χ0n) is 20.1. The van der Waals surface area contributed by atoms with Crippen molar-refractivity contribution in [1.29, 1.82) is 0 Å². The number of hydrogen-bond acceptors (Lipinski definition) is 5. The number of aryl methyl sites for hydroxylation is 1. The number of ether oxygens (including phenoxy) is 1. The summed E-state index contributed by atoms with van der Waals surface area (Å²) in [5.74, 6) is -0.146. The lowest BCUT2D eigenvalue weighted by atomic mass is 9.91. The molecule has 1 atom stereocenters. The van der Waals surface area contributed by atoms with E-state index in [9.17, 15) is 14.0 Å². The minimum atomic E-state index is -0.520.